The van der Waals surface area contributed by atoms with Crippen molar-refractivity contribution in [3.63, 3.8) is 0 Å². The van der Waals surface area contributed by atoms with Gasteiger partial charge in [-0.2, -0.15) is 5.26 Å². The van der Waals surface area contributed by atoms with E-state index in [2.05, 4.69) is 25.2 Å². The molecule has 0 aliphatic heterocycles. The van der Waals surface area contributed by atoms with E-state index in [9.17, 15) is 4.79 Å². The van der Waals surface area contributed by atoms with Gasteiger partial charge in [0.15, 0.2) is 6.61 Å². The number of ether oxygens (including phenoxy) is 1. The van der Waals surface area contributed by atoms with Crippen LogP contribution in [0.1, 0.15) is 37.3 Å². The number of carbonyl (C=O) groups excluding carboxylic acids is 1. The summed E-state index contributed by atoms with van der Waals surface area (Å²) < 4.78 is 5.67. The maximum absolute atomic E-state index is 12.1. The molecule has 0 fully saturated rings. The van der Waals surface area contributed by atoms with Gasteiger partial charge >= 0.3 is 0 Å². The molecule has 2 aromatic rings. The molecular weight excluding hydrogens is 288 g/mol. The zero-order valence-corrected chi connectivity index (χ0v) is 13.4. The number of nitrogens with zero attached hydrogens (tertiary/aromatic N) is 1. The van der Waals surface area contributed by atoms with Crippen molar-refractivity contribution in [1.82, 2.24) is 0 Å². The summed E-state index contributed by atoms with van der Waals surface area (Å²) in [6, 6.07) is 16.7. The van der Waals surface area contributed by atoms with Crippen LogP contribution in [-0.2, 0) is 4.79 Å². The monoisotopic (exact) mass is 308 g/mol. The Morgan fingerprint density at radius 2 is 1.91 bits per heavy atom. The van der Waals surface area contributed by atoms with Gasteiger partial charge in [0.1, 0.15) is 11.8 Å². The van der Waals surface area contributed by atoms with Crippen molar-refractivity contribution in [1.29, 1.82) is 5.26 Å². The maximum Gasteiger partial charge on any atom is 0.262 e. The second-order valence-electron chi connectivity index (χ2n) is 5.34. The van der Waals surface area contributed by atoms with Crippen molar-refractivity contribution in [3.05, 3.63) is 59.7 Å². The SMILES string of the molecule is CC[C@H](C)c1ccccc1OCC(=O)Nc1ccccc1C#N. The zero-order chi connectivity index (χ0) is 16.7. The lowest BCUT2D eigenvalue weighted by Gasteiger charge is -2.15. The lowest BCUT2D eigenvalue weighted by Crippen LogP contribution is -2.21. The first-order chi connectivity index (χ1) is 11.2. The fourth-order valence-corrected chi connectivity index (χ4v) is 2.26. The number of para-hydroxylation sites is 2. The molecule has 1 N–H and O–H groups in total. The molecule has 0 saturated carbocycles. The highest BCUT2D eigenvalue weighted by molar-refractivity contribution is 5.93. The minimum atomic E-state index is -0.286. The summed E-state index contributed by atoms with van der Waals surface area (Å²) >= 11 is 0. The van der Waals surface area contributed by atoms with Crippen LogP contribution in [-0.4, -0.2) is 12.5 Å². The topological polar surface area (TPSA) is 62.1 Å². The first-order valence-corrected chi connectivity index (χ1v) is 7.66. The quantitative estimate of drug-likeness (QED) is 0.874. The van der Waals surface area contributed by atoms with Crippen LogP contribution >= 0.6 is 0 Å². The molecule has 23 heavy (non-hydrogen) atoms. The Hall–Kier alpha value is -2.80. The number of carbonyl (C=O) groups is 1. The number of nitriles is 1. The molecule has 0 aliphatic carbocycles. The molecule has 118 valence electrons. The van der Waals surface area contributed by atoms with E-state index < -0.39 is 0 Å². The van der Waals surface area contributed by atoms with Crippen molar-refractivity contribution in [2.75, 3.05) is 11.9 Å². The van der Waals surface area contributed by atoms with Crippen LogP contribution in [0, 0.1) is 11.3 Å². The first kappa shape index (κ1) is 16.6. The molecule has 0 radical (unpaired) electrons. The van der Waals surface area contributed by atoms with Gasteiger partial charge < -0.3 is 10.1 Å². The molecule has 1 amide bonds. The Kier molecular flexibility index (Phi) is 5.76. The van der Waals surface area contributed by atoms with Crippen LogP contribution in [0.5, 0.6) is 5.75 Å². The van der Waals surface area contributed by atoms with Gasteiger partial charge in [0, 0.05) is 0 Å². The summed E-state index contributed by atoms with van der Waals surface area (Å²) in [5.74, 6) is 0.811. The van der Waals surface area contributed by atoms with Gasteiger partial charge in [-0.05, 0) is 36.1 Å². The van der Waals surface area contributed by atoms with Gasteiger partial charge in [-0.1, -0.05) is 44.2 Å². The fourth-order valence-electron chi connectivity index (χ4n) is 2.26. The van der Waals surface area contributed by atoms with Crippen LogP contribution < -0.4 is 10.1 Å². The second kappa shape index (κ2) is 8.00. The third kappa shape index (κ3) is 4.33. The molecule has 4 heteroatoms. The summed E-state index contributed by atoms with van der Waals surface area (Å²) in [4.78, 5) is 12.1. The molecule has 2 aromatic carbocycles. The van der Waals surface area contributed by atoms with E-state index in [1.54, 1.807) is 24.3 Å². The normalized spacial score (nSPS) is 11.3. The van der Waals surface area contributed by atoms with E-state index in [1.807, 2.05) is 24.3 Å². The molecule has 0 spiro atoms. The predicted octanol–water partition coefficient (Wildman–Crippen LogP) is 4.09. The van der Waals surface area contributed by atoms with Crippen LogP contribution in [0.25, 0.3) is 0 Å². The van der Waals surface area contributed by atoms with E-state index >= 15 is 0 Å². The van der Waals surface area contributed by atoms with Gasteiger partial charge in [0.2, 0.25) is 0 Å². The first-order valence-electron chi connectivity index (χ1n) is 7.66. The minimum absolute atomic E-state index is 0.0901. The van der Waals surface area contributed by atoms with E-state index in [4.69, 9.17) is 10.00 Å². The van der Waals surface area contributed by atoms with Crippen molar-refractivity contribution >= 4 is 11.6 Å². The molecule has 0 bridgehead atoms. The largest absolute Gasteiger partial charge is 0.483 e. The number of benzene rings is 2. The maximum atomic E-state index is 12.1. The van der Waals surface area contributed by atoms with Crippen molar-refractivity contribution in [2.24, 2.45) is 0 Å². The van der Waals surface area contributed by atoms with Crippen molar-refractivity contribution in [2.45, 2.75) is 26.2 Å². The molecule has 1 atom stereocenters. The Bertz CT molecular complexity index is 719. The number of hydrogen-bond donors (Lipinski definition) is 1. The predicted molar refractivity (Wildman–Crippen MR) is 90.4 cm³/mol. The smallest absolute Gasteiger partial charge is 0.262 e. The van der Waals surface area contributed by atoms with Crippen molar-refractivity contribution in [3.8, 4) is 11.8 Å². The highest BCUT2D eigenvalue weighted by Gasteiger charge is 2.12. The van der Waals surface area contributed by atoms with Gasteiger partial charge in [-0.3, -0.25) is 4.79 Å². The lowest BCUT2D eigenvalue weighted by atomic mass is 9.98. The van der Waals surface area contributed by atoms with E-state index in [0.717, 1.165) is 17.7 Å². The van der Waals surface area contributed by atoms with E-state index in [-0.39, 0.29) is 12.5 Å². The Morgan fingerprint density at radius 1 is 1.22 bits per heavy atom. The zero-order valence-electron chi connectivity index (χ0n) is 13.4. The fraction of sp³-hybridized carbons (Fsp3) is 0.263. The van der Waals surface area contributed by atoms with Crippen LogP contribution in [0.15, 0.2) is 48.5 Å². The molecule has 0 aliphatic rings. The highest BCUT2D eigenvalue weighted by Crippen LogP contribution is 2.28. The van der Waals surface area contributed by atoms with E-state index in [0.29, 0.717) is 17.2 Å². The minimum Gasteiger partial charge on any atom is -0.483 e. The Labute approximate surface area is 136 Å². The van der Waals surface area contributed by atoms with Crippen molar-refractivity contribution < 1.29 is 9.53 Å². The third-order valence-corrected chi connectivity index (χ3v) is 3.74. The average Bonchev–Trinajstić information content (AvgIpc) is 2.60. The Morgan fingerprint density at radius 3 is 2.65 bits per heavy atom. The number of anilines is 1. The molecule has 4 nitrogen and oxygen atoms in total. The molecule has 0 unspecified atom stereocenters. The highest BCUT2D eigenvalue weighted by atomic mass is 16.5. The summed E-state index contributed by atoms with van der Waals surface area (Å²) in [7, 11) is 0. The number of hydrogen-bond acceptors (Lipinski definition) is 3. The summed E-state index contributed by atoms with van der Waals surface area (Å²) in [5.41, 5.74) is 2.03. The lowest BCUT2D eigenvalue weighted by molar-refractivity contribution is -0.118. The third-order valence-electron chi connectivity index (χ3n) is 3.74. The molecule has 0 aromatic heterocycles. The summed E-state index contributed by atoms with van der Waals surface area (Å²) in [6.07, 6.45) is 1.00. The standard InChI is InChI=1S/C19H20N2O2/c1-3-14(2)16-9-5-7-11-18(16)23-13-19(22)21-17-10-6-4-8-15(17)12-20/h4-11,14H,3,13H2,1-2H3,(H,21,22)/t14-/m0/s1. The molecule has 0 heterocycles. The van der Waals surface area contributed by atoms with Crippen LogP contribution in [0.4, 0.5) is 5.69 Å². The van der Waals surface area contributed by atoms with Gasteiger partial charge in [0.25, 0.3) is 5.91 Å². The van der Waals surface area contributed by atoms with Crippen LogP contribution in [0.3, 0.4) is 0 Å². The van der Waals surface area contributed by atoms with Crippen LogP contribution in [0.2, 0.25) is 0 Å². The number of rotatable bonds is 6. The average molecular weight is 308 g/mol. The number of nitrogens with one attached hydrogen (secondary N) is 1. The number of amides is 1. The van der Waals surface area contributed by atoms with Gasteiger partial charge in [0.05, 0.1) is 11.3 Å². The molecule has 2 rings (SSSR count). The van der Waals surface area contributed by atoms with E-state index in [1.165, 1.54) is 0 Å². The molecular formula is C19H20N2O2. The summed E-state index contributed by atoms with van der Waals surface area (Å²) in [6.45, 7) is 4.16. The van der Waals surface area contributed by atoms with Gasteiger partial charge in [-0.25, -0.2) is 0 Å². The van der Waals surface area contributed by atoms with Gasteiger partial charge in [-0.15, -0.1) is 0 Å². The Balaban J connectivity index is 2.02. The second-order valence-corrected chi connectivity index (χ2v) is 5.34. The summed E-state index contributed by atoms with van der Waals surface area (Å²) in [5, 5.41) is 11.7. The molecule has 0 saturated heterocycles.